The van der Waals surface area contributed by atoms with E-state index in [4.69, 9.17) is 11.6 Å². The summed E-state index contributed by atoms with van der Waals surface area (Å²) in [6, 6.07) is 0. The van der Waals surface area contributed by atoms with E-state index in [0.717, 1.165) is 12.5 Å². The Morgan fingerprint density at radius 2 is 2.11 bits per heavy atom. The van der Waals surface area contributed by atoms with Gasteiger partial charge < -0.3 is 5.32 Å². The van der Waals surface area contributed by atoms with E-state index >= 15 is 0 Å². The van der Waals surface area contributed by atoms with Crippen molar-refractivity contribution < 1.29 is 4.79 Å². The summed E-state index contributed by atoms with van der Waals surface area (Å²) in [6.45, 7) is 4.91. The van der Waals surface area contributed by atoms with Crippen molar-refractivity contribution in [3.05, 3.63) is 16.5 Å². The lowest BCUT2D eigenvalue weighted by molar-refractivity contribution is 0.112. The van der Waals surface area contributed by atoms with Crippen LogP contribution in [0.3, 0.4) is 0 Å². The van der Waals surface area contributed by atoms with E-state index in [9.17, 15) is 4.79 Å². The molecule has 1 fully saturated rings. The Balaban J connectivity index is 2.08. The molecule has 2 unspecified atom stereocenters. The summed E-state index contributed by atoms with van der Waals surface area (Å²) in [5.74, 6) is 2.50. The molecule has 2 rings (SSSR count). The second-order valence-corrected chi connectivity index (χ2v) is 5.70. The summed E-state index contributed by atoms with van der Waals surface area (Å²) in [6.07, 6.45) is 5.86. The maximum Gasteiger partial charge on any atom is 0.156 e. The number of hydrogen-bond donors (Lipinski definition) is 1. The third-order valence-corrected chi connectivity index (χ3v) is 4.24. The normalized spacial score (nSPS) is 23.1. The van der Waals surface area contributed by atoms with Crippen molar-refractivity contribution in [2.24, 2.45) is 11.8 Å². The molecule has 0 bridgehead atoms. The summed E-state index contributed by atoms with van der Waals surface area (Å²) in [4.78, 5) is 19.3. The summed E-state index contributed by atoms with van der Waals surface area (Å²) in [7, 11) is 0. The Kier molecular flexibility index (Phi) is 4.75. The lowest BCUT2D eigenvalue weighted by Crippen LogP contribution is -2.25. The van der Waals surface area contributed by atoms with Gasteiger partial charge in [-0.3, -0.25) is 4.79 Å². The van der Waals surface area contributed by atoms with Crippen LogP contribution in [0.2, 0.25) is 5.15 Å². The molecule has 1 heterocycles. The van der Waals surface area contributed by atoms with E-state index in [1.54, 1.807) is 6.92 Å². The van der Waals surface area contributed by atoms with Gasteiger partial charge in [0.1, 0.15) is 16.8 Å². The third kappa shape index (κ3) is 3.44. The van der Waals surface area contributed by atoms with E-state index in [1.165, 1.54) is 25.7 Å². The van der Waals surface area contributed by atoms with Crippen LogP contribution in [0.25, 0.3) is 0 Å². The number of hydrogen-bond acceptors (Lipinski definition) is 4. The zero-order chi connectivity index (χ0) is 13.8. The van der Waals surface area contributed by atoms with Gasteiger partial charge >= 0.3 is 0 Å². The van der Waals surface area contributed by atoms with Crippen molar-refractivity contribution in [2.75, 3.05) is 11.9 Å². The molecule has 1 aromatic rings. The molecule has 0 aromatic carbocycles. The molecule has 0 spiro atoms. The number of aromatic nitrogens is 2. The lowest BCUT2D eigenvalue weighted by Gasteiger charge is -2.29. The molecular formula is C14H20ClN3O. The van der Waals surface area contributed by atoms with Gasteiger partial charge in [-0.15, -0.1) is 0 Å². The first-order valence-electron chi connectivity index (χ1n) is 6.85. The first kappa shape index (κ1) is 14.3. The quantitative estimate of drug-likeness (QED) is 0.678. The number of nitrogens with one attached hydrogen (secondary N) is 1. The van der Waals surface area contributed by atoms with Crippen molar-refractivity contribution in [3.63, 3.8) is 0 Å². The van der Waals surface area contributed by atoms with Crippen molar-refractivity contribution in [2.45, 2.75) is 39.5 Å². The fourth-order valence-corrected chi connectivity index (χ4v) is 2.97. The minimum absolute atomic E-state index is 0.224. The van der Waals surface area contributed by atoms with Crippen LogP contribution < -0.4 is 5.32 Å². The van der Waals surface area contributed by atoms with Crippen molar-refractivity contribution >= 4 is 23.7 Å². The minimum Gasteiger partial charge on any atom is -0.369 e. The van der Waals surface area contributed by atoms with E-state index in [2.05, 4.69) is 22.2 Å². The monoisotopic (exact) mass is 281 g/mol. The van der Waals surface area contributed by atoms with Crippen LogP contribution in [0.15, 0.2) is 0 Å². The number of carbonyl (C=O) groups is 1. The van der Waals surface area contributed by atoms with E-state index < -0.39 is 0 Å². The van der Waals surface area contributed by atoms with E-state index in [-0.39, 0.29) is 5.15 Å². The summed E-state index contributed by atoms with van der Waals surface area (Å²) < 4.78 is 0. The molecule has 0 amide bonds. The average Bonchev–Trinajstić information content (AvgIpc) is 2.37. The van der Waals surface area contributed by atoms with E-state index in [1.807, 2.05) is 0 Å². The highest BCUT2D eigenvalue weighted by atomic mass is 35.5. The van der Waals surface area contributed by atoms with Crippen molar-refractivity contribution in [1.29, 1.82) is 0 Å². The predicted molar refractivity (Wildman–Crippen MR) is 76.8 cm³/mol. The maximum atomic E-state index is 11.1. The van der Waals surface area contributed by atoms with Gasteiger partial charge in [-0.2, -0.15) is 0 Å². The van der Waals surface area contributed by atoms with Crippen LogP contribution in [0, 0.1) is 18.8 Å². The molecule has 1 N–H and O–H groups in total. The molecule has 2 atom stereocenters. The molecule has 0 saturated heterocycles. The van der Waals surface area contributed by atoms with Crippen molar-refractivity contribution in [3.8, 4) is 0 Å². The largest absolute Gasteiger partial charge is 0.369 e. The average molecular weight is 282 g/mol. The standard InChI is InChI=1S/C14H20ClN3O/c1-9-5-3-4-6-11(9)7-16-14-12(8-19)13(15)17-10(2)18-14/h8-9,11H,3-7H2,1-2H3,(H,16,17,18). The lowest BCUT2D eigenvalue weighted by atomic mass is 9.80. The van der Waals surface area contributed by atoms with Crippen LogP contribution in [0.5, 0.6) is 0 Å². The molecule has 0 aliphatic heterocycles. The van der Waals surface area contributed by atoms with Crippen LogP contribution in [-0.2, 0) is 0 Å². The van der Waals surface area contributed by atoms with Crippen LogP contribution >= 0.6 is 11.6 Å². The van der Waals surface area contributed by atoms with Crippen LogP contribution in [0.4, 0.5) is 5.82 Å². The number of nitrogens with zero attached hydrogens (tertiary/aromatic N) is 2. The molecule has 1 saturated carbocycles. The second kappa shape index (κ2) is 6.33. The number of aryl methyl sites for hydroxylation is 1. The van der Waals surface area contributed by atoms with Gasteiger partial charge in [0.25, 0.3) is 0 Å². The van der Waals surface area contributed by atoms with Gasteiger partial charge in [0.15, 0.2) is 6.29 Å². The Labute approximate surface area is 119 Å². The van der Waals surface area contributed by atoms with Gasteiger partial charge in [0, 0.05) is 6.54 Å². The van der Waals surface area contributed by atoms with Gasteiger partial charge in [-0.1, -0.05) is 37.8 Å². The molecule has 1 aliphatic rings. The van der Waals surface area contributed by atoms with Crippen molar-refractivity contribution in [1.82, 2.24) is 9.97 Å². The van der Waals surface area contributed by atoms with Gasteiger partial charge in [0.2, 0.25) is 0 Å². The fourth-order valence-electron chi connectivity index (χ4n) is 2.71. The summed E-state index contributed by atoms with van der Waals surface area (Å²) in [5, 5.41) is 3.50. The molecule has 19 heavy (non-hydrogen) atoms. The third-order valence-electron chi connectivity index (χ3n) is 3.95. The Bertz CT molecular complexity index is 464. The second-order valence-electron chi connectivity index (χ2n) is 5.34. The highest BCUT2D eigenvalue weighted by Crippen LogP contribution is 2.30. The van der Waals surface area contributed by atoms with Gasteiger partial charge in [0.05, 0.1) is 5.56 Å². The van der Waals surface area contributed by atoms with Gasteiger partial charge in [-0.25, -0.2) is 9.97 Å². The Morgan fingerprint density at radius 3 is 2.79 bits per heavy atom. The molecule has 104 valence electrons. The number of halogens is 1. The number of aldehydes is 1. The SMILES string of the molecule is Cc1nc(Cl)c(C=O)c(NCC2CCCCC2C)n1. The molecule has 0 radical (unpaired) electrons. The summed E-state index contributed by atoms with van der Waals surface area (Å²) >= 11 is 5.96. The minimum atomic E-state index is 0.224. The Hall–Kier alpha value is -1.16. The highest BCUT2D eigenvalue weighted by Gasteiger charge is 2.21. The number of carbonyl (C=O) groups excluding carboxylic acids is 1. The number of anilines is 1. The molecule has 1 aromatic heterocycles. The molecule has 4 nitrogen and oxygen atoms in total. The molecule has 5 heteroatoms. The molecule has 1 aliphatic carbocycles. The van der Waals surface area contributed by atoms with E-state index in [0.29, 0.717) is 29.4 Å². The molecular weight excluding hydrogens is 262 g/mol. The number of rotatable bonds is 4. The van der Waals surface area contributed by atoms with Gasteiger partial charge in [-0.05, 0) is 25.2 Å². The highest BCUT2D eigenvalue weighted by molar-refractivity contribution is 6.32. The van der Waals surface area contributed by atoms with Crippen LogP contribution in [0.1, 0.15) is 48.8 Å². The zero-order valence-corrected chi connectivity index (χ0v) is 12.2. The first-order valence-corrected chi connectivity index (χ1v) is 7.22. The zero-order valence-electron chi connectivity index (χ0n) is 11.4. The Morgan fingerprint density at radius 1 is 1.37 bits per heavy atom. The van der Waals surface area contributed by atoms with Crippen LogP contribution in [-0.4, -0.2) is 22.8 Å². The smallest absolute Gasteiger partial charge is 0.156 e. The topological polar surface area (TPSA) is 54.9 Å². The predicted octanol–water partition coefficient (Wildman–Crippen LogP) is 3.49. The fraction of sp³-hybridized carbons (Fsp3) is 0.643. The summed E-state index contributed by atoms with van der Waals surface area (Å²) in [5.41, 5.74) is 0.357. The first-order chi connectivity index (χ1) is 9.11. The maximum absolute atomic E-state index is 11.1.